The average molecular weight is 171 g/mol. The highest BCUT2D eigenvalue weighted by Crippen LogP contribution is 2.04. The van der Waals surface area contributed by atoms with E-state index in [1.54, 1.807) is 0 Å². The quantitative estimate of drug-likeness (QED) is 0.634. The number of carbonyl (C=O) groups excluding carboxylic acids is 1. The van der Waals surface area contributed by atoms with Gasteiger partial charge in [-0.1, -0.05) is 27.7 Å². The van der Waals surface area contributed by atoms with E-state index >= 15 is 0 Å². The minimum atomic E-state index is 0.128. The van der Waals surface area contributed by atoms with Gasteiger partial charge in [0.1, 0.15) is 0 Å². The molecular weight excluding hydrogens is 150 g/mol. The Balaban J connectivity index is 4.06. The molecule has 0 rings (SSSR count). The molecule has 0 radical (unpaired) electrons. The van der Waals surface area contributed by atoms with Gasteiger partial charge in [0.2, 0.25) is 5.91 Å². The molecule has 0 unspecified atom stereocenters. The van der Waals surface area contributed by atoms with Gasteiger partial charge in [0, 0.05) is 19.0 Å². The number of nitrogens with zero attached hydrogens (tertiary/aromatic N) is 1. The Morgan fingerprint density at radius 3 is 2.00 bits per heavy atom. The fourth-order valence-electron chi connectivity index (χ4n) is 1.18. The van der Waals surface area contributed by atoms with Gasteiger partial charge in [-0.05, 0) is 12.8 Å². The van der Waals surface area contributed by atoms with Gasteiger partial charge in [0.25, 0.3) is 0 Å². The summed E-state index contributed by atoms with van der Waals surface area (Å²) < 4.78 is 0. The lowest BCUT2D eigenvalue weighted by Gasteiger charge is -2.24. The highest BCUT2D eigenvalue weighted by molar-refractivity contribution is 5.78. The van der Waals surface area contributed by atoms with Crippen LogP contribution in [-0.4, -0.2) is 23.9 Å². The molecule has 0 aliphatic carbocycles. The van der Waals surface area contributed by atoms with Gasteiger partial charge >= 0.3 is 0 Å². The number of carbonyl (C=O) groups is 1. The van der Waals surface area contributed by atoms with E-state index in [0.717, 1.165) is 13.1 Å². The third kappa shape index (κ3) is 3.74. The van der Waals surface area contributed by atoms with Crippen molar-refractivity contribution in [2.45, 2.75) is 34.6 Å². The van der Waals surface area contributed by atoms with Crippen LogP contribution in [-0.2, 0) is 4.79 Å². The Kier molecular flexibility index (Phi) is 4.95. The third-order valence-corrected chi connectivity index (χ3v) is 1.77. The smallest absolute Gasteiger partial charge is 0.225 e. The van der Waals surface area contributed by atoms with Crippen LogP contribution in [0.25, 0.3) is 0 Å². The predicted molar refractivity (Wildman–Crippen MR) is 51.9 cm³/mol. The summed E-state index contributed by atoms with van der Waals surface area (Å²) in [5, 5.41) is 0. The predicted octanol–water partition coefficient (Wildman–Crippen LogP) is 2.15. The summed E-state index contributed by atoms with van der Waals surface area (Å²) in [6.45, 7) is 11.9. The Labute approximate surface area is 75.9 Å². The van der Waals surface area contributed by atoms with Crippen molar-refractivity contribution in [2.24, 2.45) is 11.8 Å². The average Bonchev–Trinajstić information content (AvgIpc) is 1.98. The molecule has 1 amide bonds. The first-order valence-corrected chi connectivity index (χ1v) is 4.77. The molecule has 0 saturated carbocycles. The first-order chi connectivity index (χ1) is 5.49. The Hall–Kier alpha value is -0.530. The molecular formula is C10H21NO. The molecule has 2 nitrogen and oxygen atoms in total. The first kappa shape index (κ1) is 11.5. The van der Waals surface area contributed by atoms with Crippen molar-refractivity contribution in [1.29, 1.82) is 0 Å². The van der Waals surface area contributed by atoms with Crippen molar-refractivity contribution in [3.63, 3.8) is 0 Å². The lowest BCUT2D eigenvalue weighted by atomic mass is 10.1. The van der Waals surface area contributed by atoms with E-state index in [9.17, 15) is 4.79 Å². The van der Waals surface area contributed by atoms with Crippen molar-refractivity contribution in [3.05, 3.63) is 0 Å². The van der Waals surface area contributed by atoms with Crippen LogP contribution < -0.4 is 0 Å². The molecule has 2 heteroatoms. The second-order valence-electron chi connectivity index (χ2n) is 3.93. The lowest BCUT2D eigenvalue weighted by Crippen LogP contribution is -2.36. The molecule has 0 aliphatic rings. The molecule has 0 bridgehead atoms. The molecule has 0 aliphatic heterocycles. The summed E-state index contributed by atoms with van der Waals surface area (Å²) in [6.07, 6.45) is 0. The van der Waals surface area contributed by atoms with Crippen LogP contribution >= 0.6 is 0 Å². The molecule has 0 fully saturated rings. The van der Waals surface area contributed by atoms with Crippen LogP contribution in [0.3, 0.4) is 0 Å². The van der Waals surface area contributed by atoms with Gasteiger partial charge < -0.3 is 4.90 Å². The standard InChI is InChI=1S/C10H21NO/c1-6-11(7-8(2)3)10(12)9(4)5/h8-9H,6-7H2,1-5H3. The maximum Gasteiger partial charge on any atom is 0.225 e. The molecule has 0 heterocycles. The van der Waals surface area contributed by atoms with Crippen LogP contribution in [0.1, 0.15) is 34.6 Å². The number of hydrogen-bond acceptors (Lipinski definition) is 1. The van der Waals surface area contributed by atoms with Gasteiger partial charge in [-0.2, -0.15) is 0 Å². The van der Waals surface area contributed by atoms with Crippen LogP contribution in [0.15, 0.2) is 0 Å². The second kappa shape index (κ2) is 5.18. The monoisotopic (exact) mass is 171 g/mol. The van der Waals surface area contributed by atoms with E-state index < -0.39 is 0 Å². The molecule has 0 N–H and O–H groups in total. The van der Waals surface area contributed by atoms with Crippen molar-refractivity contribution in [3.8, 4) is 0 Å². The number of rotatable bonds is 4. The molecule has 0 aromatic heterocycles. The fourth-order valence-corrected chi connectivity index (χ4v) is 1.18. The summed E-state index contributed by atoms with van der Waals surface area (Å²) in [5.74, 6) is 0.961. The van der Waals surface area contributed by atoms with E-state index in [2.05, 4.69) is 13.8 Å². The third-order valence-electron chi connectivity index (χ3n) is 1.77. The van der Waals surface area contributed by atoms with E-state index in [-0.39, 0.29) is 11.8 Å². The van der Waals surface area contributed by atoms with Gasteiger partial charge in [-0.25, -0.2) is 0 Å². The zero-order valence-electron chi connectivity index (χ0n) is 8.92. The normalized spacial score (nSPS) is 10.9. The van der Waals surface area contributed by atoms with Crippen LogP contribution in [0.4, 0.5) is 0 Å². The van der Waals surface area contributed by atoms with Gasteiger partial charge in [0.15, 0.2) is 0 Å². The van der Waals surface area contributed by atoms with Crippen molar-refractivity contribution in [1.82, 2.24) is 4.90 Å². The topological polar surface area (TPSA) is 20.3 Å². The zero-order valence-corrected chi connectivity index (χ0v) is 8.92. The van der Waals surface area contributed by atoms with Crippen LogP contribution in [0.2, 0.25) is 0 Å². The summed E-state index contributed by atoms with van der Waals surface area (Å²) in [4.78, 5) is 13.5. The van der Waals surface area contributed by atoms with Crippen molar-refractivity contribution in [2.75, 3.05) is 13.1 Å². The SMILES string of the molecule is CCN(CC(C)C)C(=O)C(C)C. The molecule has 0 aromatic carbocycles. The fraction of sp³-hybridized carbons (Fsp3) is 0.900. The Morgan fingerprint density at radius 2 is 1.75 bits per heavy atom. The van der Waals surface area contributed by atoms with Gasteiger partial charge in [0.05, 0.1) is 0 Å². The second-order valence-corrected chi connectivity index (χ2v) is 3.93. The highest BCUT2D eigenvalue weighted by atomic mass is 16.2. The number of hydrogen-bond donors (Lipinski definition) is 0. The van der Waals surface area contributed by atoms with Crippen LogP contribution in [0, 0.1) is 11.8 Å². The molecule has 0 aromatic rings. The summed E-state index contributed by atoms with van der Waals surface area (Å²) in [5.41, 5.74) is 0. The van der Waals surface area contributed by atoms with E-state index in [1.165, 1.54) is 0 Å². The molecule has 72 valence electrons. The Morgan fingerprint density at radius 1 is 1.25 bits per heavy atom. The summed E-state index contributed by atoms with van der Waals surface area (Å²) in [7, 11) is 0. The minimum absolute atomic E-state index is 0.128. The minimum Gasteiger partial charge on any atom is -0.343 e. The van der Waals surface area contributed by atoms with Crippen LogP contribution in [0.5, 0.6) is 0 Å². The molecule has 0 spiro atoms. The van der Waals surface area contributed by atoms with E-state index in [0.29, 0.717) is 5.92 Å². The zero-order chi connectivity index (χ0) is 9.72. The van der Waals surface area contributed by atoms with Crippen molar-refractivity contribution >= 4 is 5.91 Å². The molecule has 12 heavy (non-hydrogen) atoms. The number of amides is 1. The van der Waals surface area contributed by atoms with Gasteiger partial charge in [-0.15, -0.1) is 0 Å². The molecule has 0 atom stereocenters. The maximum absolute atomic E-state index is 11.5. The lowest BCUT2D eigenvalue weighted by molar-refractivity contribution is -0.134. The maximum atomic E-state index is 11.5. The summed E-state index contributed by atoms with van der Waals surface area (Å²) in [6, 6.07) is 0. The van der Waals surface area contributed by atoms with Crippen molar-refractivity contribution < 1.29 is 4.79 Å². The largest absolute Gasteiger partial charge is 0.343 e. The summed E-state index contributed by atoms with van der Waals surface area (Å²) >= 11 is 0. The van der Waals surface area contributed by atoms with Gasteiger partial charge in [-0.3, -0.25) is 4.79 Å². The van der Waals surface area contributed by atoms with E-state index in [4.69, 9.17) is 0 Å². The molecule has 0 saturated heterocycles. The van der Waals surface area contributed by atoms with E-state index in [1.807, 2.05) is 25.7 Å². The first-order valence-electron chi connectivity index (χ1n) is 4.77. The Bertz CT molecular complexity index is 141. The highest BCUT2D eigenvalue weighted by Gasteiger charge is 2.15.